The Bertz CT molecular complexity index is 953. The fourth-order valence-electron chi connectivity index (χ4n) is 3.29. The lowest BCUT2D eigenvalue weighted by Gasteiger charge is -2.22. The van der Waals surface area contributed by atoms with E-state index < -0.39 is 23.4 Å². The van der Waals surface area contributed by atoms with Crippen LogP contribution in [0.25, 0.3) is 0 Å². The fourth-order valence-corrected chi connectivity index (χ4v) is 3.29. The first-order chi connectivity index (χ1) is 14.3. The van der Waals surface area contributed by atoms with Crippen LogP contribution in [0, 0.1) is 0 Å². The van der Waals surface area contributed by atoms with Crippen LogP contribution < -0.4 is 25.0 Å². The van der Waals surface area contributed by atoms with Crippen molar-refractivity contribution in [3.8, 4) is 17.2 Å². The van der Waals surface area contributed by atoms with Gasteiger partial charge in [-0.25, -0.2) is 4.79 Å². The van der Waals surface area contributed by atoms with Gasteiger partial charge in [-0.05, 0) is 30.2 Å². The summed E-state index contributed by atoms with van der Waals surface area (Å²) in [6.07, 6.45) is -0.115. The second-order valence-corrected chi connectivity index (χ2v) is 6.81. The molecular formula is C21H23N3O6. The Morgan fingerprint density at radius 2 is 1.63 bits per heavy atom. The molecule has 158 valence electrons. The number of amides is 4. The average Bonchev–Trinajstić information content (AvgIpc) is 2.97. The second-order valence-electron chi connectivity index (χ2n) is 6.81. The molecule has 1 aliphatic rings. The Morgan fingerprint density at radius 1 is 1.03 bits per heavy atom. The number of ether oxygens (including phenoxy) is 3. The molecule has 30 heavy (non-hydrogen) atoms. The molecule has 2 aromatic rings. The van der Waals surface area contributed by atoms with E-state index in [0.717, 1.165) is 0 Å². The van der Waals surface area contributed by atoms with E-state index in [1.807, 2.05) is 6.07 Å². The quantitative estimate of drug-likeness (QED) is 0.670. The minimum Gasteiger partial charge on any atom is -0.493 e. The van der Waals surface area contributed by atoms with Gasteiger partial charge in [0.15, 0.2) is 11.5 Å². The Morgan fingerprint density at radius 3 is 2.17 bits per heavy atom. The number of hydrogen-bond donors (Lipinski definition) is 2. The van der Waals surface area contributed by atoms with Gasteiger partial charge >= 0.3 is 6.03 Å². The van der Waals surface area contributed by atoms with Crippen LogP contribution in [0.1, 0.15) is 18.1 Å². The number of benzene rings is 2. The zero-order valence-corrected chi connectivity index (χ0v) is 17.1. The van der Waals surface area contributed by atoms with E-state index in [-0.39, 0.29) is 6.42 Å². The van der Waals surface area contributed by atoms with Gasteiger partial charge in [0.05, 0.1) is 27.8 Å². The number of rotatable bonds is 7. The molecule has 1 heterocycles. The van der Waals surface area contributed by atoms with Crippen molar-refractivity contribution in [2.75, 3.05) is 21.3 Å². The predicted octanol–water partition coefficient (Wildman–Crippen LogP) is 1.75. The van der Waals surface area contributed by atoms with Gasteiger partial charge in [-0.2, -0.15) is 5.01 Å². The van der Waals surface area contributed by atoms with Crippen molar-refractivity contribution in [3.63, 3.8) is 0 Å². The van der Waals surface area contributed by atoms with Gasteiger partial charge in [-0.3, -0.25) is 15.0 Å². The zero-order valence-electron chi connectivity index (χ0n) is 17.1. The summed E-state index contributed by atoms with van der Waals surface area (Å²) in [5.41, 5.74) is 2.28. The molecule has 0 spiro atoms. The number of nitrogens with one attached hydrogen (secondary N) is 2. The summed E-state index contributed by atoms with van der Waals surface area (Å²) < 4.78 is 15.8. The molecule has 3 rings (SSSR count). The van der Waals surface area contributed by atoms with E-state index in [0.29, 0.717) is 33.4 Å². The molecule has 0 aromatic heterocycles. The molecule has 0 aliphatic carbocycles. The molecule has 1 aliphatic heterocycles. The van der Waals surface area contributed by atoms with Crippen molar-refractivity contribution < 1.29 is 28.6 Å². The maximum absolute atomic E-state index is 12.9. The standard InChI is InChI=1S/C21H23N3O6/c1-21(14-8-6-5-7-9-14)19(26)24(20(27)22-21)23-17(25)12-13-10-15(28-2)18(30-4)16(11-13)29-3/h5-11H,12H2,1-4H3,(H,22,27)(H,23,25)/t21-/m1/s1. The van der Waals surface area contributed by atoms with Crippen LogP contribution in [0.3, 0.4) is 0 Å². The van der Waals surface area contributed by atoms with E-state index >= 15 is 0 Å². The lowest BCUT2D eigenvalue weighted by Crippen LogP contribution is -2.48. The number of hydrogen-bond acceptors (Lipinski definition) is 6. The largest absolute Gasteiger partial charge is 0.493 e. The number of nitrogens with zero attached hydrogens (tertiary/aromatic N) is 1. The van der Waals surface area contributed by atoms with Crippen molar-refractivity contribution in [1.29, 1.82) is 0 Å². The van der Waals surface area contributed by atoms with Crippen molar-refractivity contribution in [2.24, 2.45) is 0 Å². The molecular weight excluding hydrogens is 390 g/mol. The molecule has 0 bridgehead atoms. The third-order valence-electron chi connectivity index (χ3n) is 4.87. The average molecular weight is 413 g/mol. The third-order valence-corrected chi connectivity index (χ3v) is 4.87. The summed E-state index contributed by atoms with van der Waals surface area (Å²) >= 11 is 0. The maximum atomic E-state index is 12.9. The van der Waals surface area contributed by atoms with Gasteiger partial charge in [0.2, 0.25) is 11.7 Å². The van der Waals surface area contributed by atoms with Gasteiger partial charge in [0.1, 0.15) is 5.54 Å². The lowest BCUT2D eigenvalue weighted by atomic mass is 9.92. The monoisotopic (exact) mass is 413 g/mol. The minimum atomic E-state index is -1.27. The first kappa shape index (κ1) is 21.0. The van der Waals surface area contributed by atoms with Gasteiger partial charge in [0, 0.05) is 0 Å². The lowest BCUT2D eigenvalue weighted by molar-refractivity contribution is -0.138. The van der Waals surface area contributed by atoms with Crippen molar-refractivity contribution in [2.45, 2.75) is 18.9 Å². The molecule has 2 aromatic carbocycles. The Kier molecular flexibility index (Phi) is 5.81. The number of imide groups is 1. The number of methoxy groups -OCH3 is 3. The molecule has 1 saturated heterocycles. The zero-order chi connectivity index (χ0) is 21.9. The molecule has 9 nitrogen and oxygen atoms in total. The maximum Gasteiger partial charge on any atom is 0.344 e. The SMILES string of the molecule is COc1cc(CC(=O)NN2C(=O)N[C@](C)(c3ccccc3)C2=O)cc(OC)c1OC. The summed E-state index contributed by atoms with van der Waals surface area (Å²) in [6.45, 7) is 1.59. The number of carbonyl (C=O) groups is 3. The summed E-state index contributed by atoms with van der Waals surface area (Å²) in [5.74, 6) is 0.0662. The second kappa shape index (κ2) is 8.32. The van der Waals surface area contributed by atoms with Crippen LogP contribution in [0.15, 0.2) is 42.5 Å². The molecule has 0 radical (unpaired) electrons. The highest BCUT2D eigenvalue weighted by molar-refractivity contribution is 6.08. The summed E-state index contributed by atoms with van der Waals surface area (Å²) in [4.78, 5) is 37.8. The van der Waals surface area contributed by atoms with Crippen molar-refractivity contribution in [3.05, 3.63) is 53.6 Å². The topological polar surface area (TPSA) is 106 Å². The Hall–Kier alpha value is -3.75. The summed E-state index contributed by atoms with van der Waals surface area (Å²) in [5, 5.41) is 3.34. The highest BCUT2D eigenvalue weighted by Gasteiger charge is 2.49. The molecule has 1 fully saturated rings. The van der Waals surface area contributed by atoms with E-state index in [2.05, 4.69) is 10.7 Å². The Balaban J connectivity index is 1.77. The van der Waals surface area contributed by atoms with Gasteiger partial charge in [-0.1, -0.05) is 30.3 Å². The molecule has 0 saturated carbocycles. The first-order valence-corrected chi connectivity index (χ1v) is 9.14. The van der Waals surface area contributed by atoms with Gasteiger partial charge < -0.3 is 19.5 Å². The molecule has 2 N–H and O–H groups in total. The molecule has 9 heteroatoms. The van der Waals surface area contributed by atoms with Crippen LogP contribution in [0.2, 0.25) is 0 Å². The van der Waals surface area contributed by atoms with Gasteiger partial charge in [-0.15, -0.1) is 0 Å². The van der Waals surface area contributed by atoms with Crippen LogP contribution in [0.5, 0.6) is 17.2 Å². The normalized spacial score (nSPS) is 18.1. The van der Waals surface area contributed by atoms with E-state index in [1.165, 1.54) is 21.3 Å². The van der Waals surface area contributed by atoms with E-state index in [4.69, 9.17) is 14.2 Å². The number of hydrazine groups is 1. The van der Waals surface area contributed by atoms with Crippen LogP contribution in [-0.4, -0.2) is 44.2 Å². The van der Waals surface area contributed by atoms with Crippen LogP contribution in [-0.2, 0) is 21.5 Å². The van der Waals surface area contributed by atoms with Crippen molar-refractivity contribution >= 4 is 17.8 Å². The van der Waals surface area contributed by atoms with Gasteiger partial charge in [0.25, 0.3) is 5.91 Å². The Labute approximate surface area is 173 Å². The smallest absolute Gasteiger partial charge is 0.344 e. The fraction of sp³-hybridized carbons (Fsp3) is 0.286. The summed E-state index contributed by atoms with van der Waals surface area (Å²) in [6, 6.07) is 11.4. The highest BCUT2D eigenvalue weighted by atomic mass is 16.5. The first-order valence-electron chi connectivity index (χ1n) is 9.14. The third kappa shape index (κ3) is 3.73. The van der Waals surface area contributed by atoms with Crippen molar-refractivity contribution in [1.82, 2.24) is 15.8 Å². The summed E-state index contributed by atoms with van der Waals surface area (Å²) in [7, 11) is 4.42. The molecule has 0 unspecified atom stereocenters. The van der Waals surface area contributed by atoms with Crippen LogP contribution >= 0.6 is 0 Å². The van der Waals surface area contributed by atoms with E-state index in [1.54, 1.807) is 43.3 Å². The number of urea groups is 1. The predicted molar refractivity (Wildman–Crippen MR) is 107 cm³/mol. The number of carbonyl (C=O) groups excluding carboxylic acids is 3. The van der Waals surface area contributed by atoms with E-state index in [9.17, 15) is 14.4 Å². The molecule has 4 amide bonds. The van der Waals surface area contributed by atoms with Crippen LogP contribution in [0.4, 0.5) is 4.79 Å². The molecule has 1 atom stereocenters. The highest BCUT2D eigenvalue weighted by Crippen LogP contribution is 2.38. The minimum absolute atomic E-state index is 0.115.